The van der Waals surface area contributed by atoms with Gasteiger partial charge in [-0.25, -0.2) is 0 Å². The van der Waals surface area contributed by atoms with Crippen LogP contribution >= 0.6 is 0 Å². The van der Waals surface area contributed by atoms with Crippen LogP contribution in [-0.4, -0.2) is 19.9 Å². The number of hydrogen-bond acceptors (Lipinski definition) is 8. The highest BCUT2D eigenvalue weighted by Gasteiger charge is 2.34. The van der Waals surface area contributed by atoms with Crippen LogP contribution in [0, 0.1) is 0 Å². The minimum atomic E-state index is -0.101. The molecule has 8 heteroatoms. The predicted molar refractivity (Wildman–Crippen MR) is 462 cm³/mol. The standard InChI is InChI=1S/C100H98N8/c1-17-63-59-101-83-33-25-21-29-75(83)93(63)105(71-45-37-67(38-46-71)97(5,6)7)87-57-88(106(72-47-39-68(40-48-72)98(8,9)10)94-64(18-2)60-102-84-34-26-22-30-76(84)94)80-55-56-82-90(108(74-51-43-70(44-52-74)100(14,15)16)96-66(20-4)62-104-86-36-28-24-32-78(86)96)58-89(81-54-53-79(87)91(80)92(81)82)107(73-49-41-69(42-50-73)99(11,12)13)95-65(19-3)61-103-85-35-27-23-31-77(85)95/h21-62H,17-20H2,1-16H3. The molecule has 0 aliphatic heterocycles. The van der Waals surface area contributed by atoms with E-state index < -0.39 is 0 Å². The third-order valence-electron chi connectivity index (χ3n) is 22.5. The first-order valence-electron chi connectivity index (χ1n) is 38.8. The fourth-order valence-corrected chi connectivity index (χ4v) is 16.4. The minimum Gasteiger partial charge on any atom is -0.309 e. The van der Waals surface area contributed by atoms with Crippen molar-refractivity contribution >= 4 is 144 Å². The van der Waals surface area contributed by atoms with Crippen molar-refractivity contribution < 1.29 is 0 Å². The van der Waals surface area contributed by atoms with Gasteiger partial charge >= 0.3 is 0 Å². The Kier molecular flexibility index (Phi) is 18.0. The molecule has 0 saturated carbocycles. The Balaban J connectivity index is 1.17. The monoisotopic (exact) mass is 1410 g/mol. The second-order valence-corrected chi connectivity index (χ2v) is 33.4. The van der Waals surface area contributed by atoms with Crippen LogP contribution in [0.3, 0.4) is 0 Å². The summed E-state index contributed by atoms with van der Waals surface area (Å²) in [6.07, 6.45) is 11.5. The average molecular weight is 1410 g/mol. The van der Waals surface area contributed by atoms with Crippen molar-refractivity contribution in [2.24, 2.45) is 0 Å². The molecule has 0 unspecified atom stereocenters. The number of pyridine rings is 4. The van der Waals surface area contributed by atoms with Gasteiger partial charge in [-0.15, -0.1) is 0 Å². The van der Waals surface area contributed by atoms with E-state index in [-0.39, 0.29) is 21.7 Å². The van der Waals surface area contributed by atoms with Gasteiger partial charge in [0.2, 0.25) is 0 Å². The molecule has 538 valence electrons. The number of benzene rings is 12. The molecule has 0 aliphatic rings. The molecule has 108 heavy (non-hydrogen) atoms. The van der Waals surface area contributed by atoms with E-state index >= 15 is 0 Å². The Bertz CT molecular complexity index is 5350. The Morgan fingerprint density at radius 2 is 0.426 bits per heavy atom. The first kappa shape index (κ1) is 70.8. The van der Waals surface area contributed by atoms with E-state index in [9.17, 15) is 0 Å². The SMILES string of the molecule is CCc1cnc2ccccc2c1N(c1ccc(C(C)(C)C)cc1)c1cc(N(c2ccc(C(C)(C)C)cc2)c2c(CC)cnc3ccccc23)c2ccc3c(N(c4ccc(C(C)(C)C)cc4)c4c(CC)cnc5ccccc45)cc(N(c4ccc(C(C)(C)C)cc4)c4c(CC)cnc5ccccc45)c4ccc1c2c43. The molecule has 8 nitrogen and oxygen atoms in total. The van der Waals surface area contributed by atoms with Crippen molar-refractivity contribution in [3.63, 3.8) is 0 Å². The number of anilines is 12. The number of para-hydroxylation sites is 4. The summed E-state index contributed by atoms with van der Waals surface area (Å²) in [6.45, 7) is 36.8. The van der Waals surface area contributed by atoms with E-state index in [0.29, 0.717) is 0 Å². The summed E-state index contributed by atoms with van der Waals surface area (Å²) < 4.78 is 0. The molecule has 16 aromatic rings. The highest BCUT2D eigenvalue weighted by Crippen LogP contribution is 2.58. The van der Waals surface area contributed by atoms with Gasteiger partial charge in [-0.05, 0) is 177 Å². The summed E-state index contributed by atoms with van der Waals surface area (Å²) in [5, 5.41) is 11.0. The highest BCUT2D eigenvalue weighted by atomic mass is 15.2. The van der Waals surface area contributed by atoms with E-state index in [4.69, 9.17) is 19.9 Å². The van der Waals surface area contributed by atoms with Crippen LogP contribution in [0.25, 0.3) is 75.9 Å². The van der Waals surface area contributed by atoms with Gasteiger partial charge in [-0.1, -0.05) is 256 Å². The van der Waals surface area contributed by atoms with Crippen LogP contribution in [0.2, 0.25) is 0 Å². The summed E-state index contributed by atoms with van der Waals surface area (Å²) in [5.74, 6) is 0. The molecular weight excluding hydrogens is 1310 g/mol. The summed E-state index contributed by atoms with van der Waals surface area (Å²) in [5.41, 5.74) is 25.6. The Hall–Kier alpha value is -11.5. The lowest BCUT2D eigenvalue weighted by Gasteiger charge is -2.36. The predicted octanol–water partition coefficient (Wildman–Crippen LogP) is 28.1. The molecule has 0 aliphatic carbocycles. The maximum Gasteiger partial charge on any atom is 0.0723 e. The lowest BCUT2D eigenvalue weighted by molar-refractivity contribution is 0.590. The van der Waals surface area contributed by atoms with Crippen LogP contribution in [-0.2, 0) is 47.3 Å². The summed E-state index contributed by atoms with van der Waals surface area (Å²) >= 11 is 0. The maximum absolute atomic E-state index is 5.25. The first-order valence-corrected chi connectivity index (χ1v) is 38.8. The lowest BCUT2D eigenvalue weighted by Crippen LogP contribution is -2.19. The smallest absolute Gasteiger partial charge is 0.0723 e. The molecule has 0 radical (unpaired) electrons. The van der Waals surface area contributed by atoms with Gasteiger partial charge in [0.1, 0.15) is 0 Å². The lowest BCUT2D eigenvalue weighted by atomic mass is 9.86. The van der Waals surface area contributed by atoms with E-state index in [2.05, 4.69) is 386 Å². The van der Waals surface area contributed by atoms with Gasteiger partial charge in [0.05, 0.1) is 67.6 Å². The summed E-state index contributed by atoms with van der Waals surface area (Å²) in [6, 6.07) is 87.4. The van der Waals surface area contributed by atoms with Crippen LogP contribution < -0.4 is 19.6 Å². The maximum atomic E-state index is 5.25. The van der Waals surface area contributed by atoms with Crippen LogP contribution in [0.15, 0.2) is 255 Å². The molecule has 0 fully saturated rings. The van der Waals surface area contributed by atoms with Crippen molar-refractivity contribution in [1.29, 1.82) is 0 Å². The Morgan fingerprint density at radius 1 is 0.231 bits per heavy atom. The van der Waals surface area contributed by atoms with Crippen LogP contribution in [0.4, 0.5) is 68.2 Å². The van der Waals surface area contributed by atoms with Crippen molar-refractivity contribution in [2.75, 3.05) is 19.6 Å². The molecular formula is C100H98N8. The van der Waals surface area contributed by atoms with Gasteiger partial charge in [0, 0.05) is 101 Å². The average Bonchev–Trinajstić information content (AvgIpc) is 0.695. The second-order valence-electron chi connectivity index (χ2n) is 33.4. The third kappa shape index (κ3) is 12.4. The van der Waals surface area contributed by atoms with E-state index in [0.717, 1.165) is 192 Å². The minimum absolute atomic E-state index is 0.101. The summed E-state index contributed by atoms with van der Waals surface area (Å²) in [4.78, 5) is 31.4. The quantitative estimate of drug-likeness (QED) is 0.0887. The normalized spacial score (nSPS) is 12.4. The molecule has 0 saturated heterocycles. The molecule has 0 spiro atoms. The third-order valence-corrected chi connectivity index (χ3v) is 22.5. The molecule has 4 heterocycles. The largest absolute Gasteiger partial charge is 0.309 e. The van der Waals surface area contributed by atoms with E-state index in [1.807, 2.05) is 0 Å². The van der Waals surface area contributed by atoms with Crippen LogP contribution in [0.5, 0.6) is 0 Å². The number of hydrogen-bond donors (Lipinski definition) is 0. The molecule has 4 aromatic heterocycles. The highest BCUT2D eigenvalue weighted by molar-refractivity contribution is 6.34. The number of nitrogens with zero attached hydrogens (tertiary/aromatic N) is 8. The Morgan fingerprint density at radius 3 is 0.611 bits per heavy atom. The van der Waals surface area contributed by atoms with Gasteiger partial charge in [-0.2, -0.15) is 0 Å². The molecule has 0 N–H and O–H groups in total. The number of aryl methyl sites for hydroxylation is 4. The first-order chi connectivity index (χ1) is 51.9. The van der Waals surface area contributed by atoms with Crippen molar-refractivity contribution in [3.8, 4) is 0 Å². The summed E-state index contributed by atoms with van der Waals surface area (Å²) in [7, 11) is 0. The van der Waals surface area contributed by atoms with Crippen molar-refractivity contribution in [1.82, 2.24) is 19.9 Å². The van der Waals surface area contributed by atoms with E-state index in [1.165, 1.54) is 22.3 Å². The second kappa shape index (κ2) is 27.4. The number of rotatable bonds is 16. The van der Waals surface area contributed by atoms with Gasteiger partial charge in [0.25, 0.3) is 0 Å². The Labute approximate surface area is 637 Å². The molecule has 0 amide bonds. The number of aromatic nitrogens is 4. The zero-order valence-electron chi connectivity index (χ0n) is 65.7. The fraction of sp³-hybridized carbons (Fsp3) is 0.240. The van der Waals surface area contributed by atoms with Crippen molar-refractivity contribution in [2.45, 2.75) is 158 Å². The zero-order valence-corrected chi connectivity index (χ0v) is 65.7. The van der Waals surface area contributed by atoms with Gasteiger partial charge in [0.15, 0.2) is 0 Å². The fourth-order valence-electron chi connectivity index (χ4n) is 16.4. The molecule has 12 aromatic carbocycles. The molecule has 0 atom stereocenters. The van der Waals surface area contributed by atoms with Crippen molar-refractivity contribution in [3.05, 3.63) is 300 Å². The molecule has 16 rings (SSSR count). The number of fused-ring (bicyclic) bond motifs is 4. The van der Waals surface area contributed by atoms with Gasteiger partial charge in [-0.3, -0.25) is 19.9 Å². The molecule has 0 bridgehead atoms. The van der Waals surface area contributed by atoms with E-state index in [1.54, 1.807) is 0 Å². The zero-order chi connectivity index (χ0) is 75.3. The van der Waals surface area contributed by atoms with Crippen LogP contribution in [0.1, 0.15) is 155 Å². The van der Waals surface area contributed by atoms with Gasteiger partial charge < -0.3 is 19.6 Å². The topological polar surface area (TPSA) is 64.5 Å².